The Bertz CT molecular complexity index is 1520. The van der Waals surface area contributed by atoms with Crippen LogP contribution in [0.4, 0.5) is 13.2 Å². The number of nitrogens with zero attached hydrogens (tertiary/aromatic N) is 2. The SMILES string of the molecule is C.CS(=O)(=O)c1cccc(C(=O)N2C[C@@H]3CCN(C(=O)C[C@H](N)Cc4cc(F)c(F)cc4F)[C@@H]3C2)c1.O=CO/C=C/C(=O)O. The molecule has 2 aromatic rings. The van der Waals surface area contributed by atoms with Crippen LogP contribution in [0.25, 0.3) is 0 Å². The van der Waals surface area contributed by atoms with Gasteiger partial charge in [-0.3, -0.25) is 14.4 Å². The van der Waals surface area contributed by atoms with Crippen LogP contribution in [-0.4, -0.2) is 85.6 Å². The van der Waals surface area contributed by atoms with Crippen LogP contribution < -0.4 is 5.73 Å². The van der Waals surface area contributed by atoms with Crippen molar-refractivity contribution < 1.29 is 50.6 Å². The second-order valence-corrected chi connectivity index (χ2v) is 12.1. The summed E-state index contributed by atoms with van der Waals surface area (Å²) < 4.78 is 68.1. The molecule has 3 N–H and O–H groups in total. The molecule has 240 valence electrons. The van der Waals surface area contributed by atoms with Crippen molar-refractivity contribution in [3.8, 4) is 0 Å². The minimum atomic E-state index is -3.46. The van der Waals surface area contributed by atoms with Crippen molar-refractivity contribution in [2.24, 2.45) is 11.7 Å². The molecule has 2 aliphatic heterocycles. The van der Waals surface area contributed by atoms with Crippen molar-refractivity contribution in [2.75, 3.05) is 25.9 Å². The van der Waals surface area contributed by atoms with E-state index in [2.05, 4.69) is 4.74 Å². The fourth-order valence-electron chi connectivity index (χ4n) is 5.03. The van der Waals surface area contributed by atoms with Gasteiger partial charge in [0.05, 0.1) is 17.0 Å². The van der Waals surface area contributed by atoms with Gasteiger partial charge in [-0.05, 0) is 42.7 Å². The average Bonchev–Trinajstić information content (AvgIpc) is 3.52. The monoisotopic (exact) mass is 641 g/mol. The third-order valence-electron chi connectivity index (χ3n) is 7.02. The third-order valence-corrected chi connectivity index (χ3v) is 8.13. The predicted octanol–water partition coefficient (Wildman–Crippen LogP) is 2.53. The number of carboxylic acids is 1. The van der Waals surface area contributed by atoms with Crippen molar-refractivity contribution in [2.45, 2.75) is 43.7 Å². The largest absolute Gasteiger partial charge is 0.478 e. The first-order valence-electron chi connectivity index (χ1n) is 13.0. The number of halogens is 3. The number of likely N-dealkylation sites (tertiary alicyclic amines) is 2. The molecule has 15 heteroatoms. The van der Waals surface area contributed by atoms with E-state index in [-0.39, 0.29) is 66.5 Å². The van der Waals surface area contributed by atoms with E-state index >= 15 is 0 Å². The lowest BCUT2D eigenvalue weighted by Crippen LogP contribution is -2.43. The molecule has 0 radical (unpaired) electrons. The average molecular weight is 642 g/mol. The fraction of sp³-hybridized carbons (Fsp3) is 0.379. The molecule has 0 aromatic heterocycles. The summed E-state index contributed by atoms with van der Waals surface area (Å²) in [5.74, 6) is -5.00. The lowest BCUT2D eigenvalue weighted by Gasteiger charge is -2.26. The highest BCUT2D eigenvalue weighted by Gasteiger charge is 2.44. The Morgan fingerprint density at radius 1 is 1.11 bits per heavy atom. The standard InChI is InChI=1S/C24H26F3N3O4S.C4H4O4.CH4/c1-35(33,34)18-4-2-3-14(8-18)24(32)29-12-15-5-6-30(22(15)13-29)23(31)10-17(28)7-16-9-20(26)21(27)11-19(16)25;5-3-8-2-1-4(6)7;/h2-4,8-9,11,15,17,22H,5-7,10,12-13,28H2,1H3;1-3H,(H,6,7);1H4/b;2-1+;/t15-,17+,22+;;/m0../s1. The van der Waals surface area contributed by atoms with Crippen LogP contribution in [0.15, 0.2) is 53.6 Å². The van der Waals surface area contributed by atoms with Crippen LogP contribution in [-0.2, 0) is 35.4 Å². The van der Waals surface area contributed by atoms with Crippen molar-refractivity contribution in [3.05, 3.63) is 77.3 Å². The van der Waals surface area contributed by atoms with Gasteiger partial charge in [-0.25, -0.2) is 26.4 Å². The number of carbonyl (C=O) groups is 4. The molecule has 0 unspecified atom stereocenters. The summed E-state index contributed by atoms with van der Waals surface area (Å²) in [6.07, 6.45) is 3.05. The summed E-state index contributed by atoms with van der Waals surface area (Å²) in [4.78, 5) is 48.2. The lowest BCUT2D eigenvalue weighted by molar-refractivity contribution is -0.133. The highest BCUT2D eigenvalue weighted by atomic mass is 32.2. The number of hydrogen-bond donors (Lipinski definition) is 2. The highest BCUT2D eigenvalue weighted by Crippen LogP contribution is 2.33. The van der Waals surface area contributed by atoms with Gasteiger partial charge in [0.25, 0.3) is 12.4 Å². The number of aliphatic carboxylic acids is 1. The summed E-state index contributed by atoms with van der Waals surface area (Å²) in [5, 5.41) is 7.86. The normalized spacial score (nSPS) is 18.1. The maximum atomic E-state index is 13.9. The predicted molar refractivity (Wildman–Crippen MR) is 152 cm³/mol. The molecule has 4 rings (SSSR count). The molecule has 2 aromatic carbocycles. The number of nitrogens with two attached hydrogens (primary N) is 1. The van der Waals surface area contributed by atoms with Gasteiger partial charge >= 0.3 is 5.97 Å². The van der Waals surface area contributed by atoms with Crippen LogP contribution in [0, 0.1) is 23.4 Å². The molecule has 3 atom stereocenters. The zero-order valence-electron chi connectivity index (χ0n) is 23.0. The third kappa shape index (κ3) is 9.38. The second-order valence-electron chi connectivity index (χ2n) is 10.1. The van der Waals surface area contributed by atoms with Gasteiger partial charge in [0.15, 0.2) is 21.5 Å². The smallest absolute Gasteiger partial charge is 0.331 e. The zero-order valence-corrected chi connectivity index (χ0v) is 23.8. The van der Waals surface area contributed by atoms with E-state index in [1.807, 2.05) is 0 Å². The van der Waals surface area contributed by atoms with E-state index in [0.717, 1.165) is 18.6 Å². The van der Waals surface area contributed by atoms with Gasteiger partial charge in [0.1, 0.15) is 12.1 Å². The van der Waals surface area contributed by atoms with Crippen molar-refractivity contribution in [3.63, 3.8) is 0 Å². The quantitative estimate of drug-likeness (QED) is 0.181. The van der Waals surface area contributed by atoms with Crippen LogP contribution in [0.5, 0.6) is 0 Å². The number of rotatable bonds is 9. The molecule has 2 saturated heterocycles. The number of hydrogen-bond acceptors (Lipinski definition) is 8. The molecule has 2 fully saturated rings. The number of sulfone groups is 1. The van der Waals surface area contributed by atoms with Gasteiger partial charge in [-0.1, -0.05) is 13.5 Å². The van der Waals surface area contributed by atoms with E-state index in [1.165, 1.54) is 18.2 Å². The zero-order chi connectivity index (χ0) is 31.9. The molecular formula is C29H34F3N3O8S. The molecule has 44 heavy (non-hydrogen) atoms. The maximum absolute atomic E-state index is 13.9. The topological polar surface area (TPSA) is 164 Å². The number of ether oxygens (including phenoxy) is 1. The molecule has 0 spiro atoms. The number of amides is 2. The van der Waals surface area contributed by atoms with E-state index in [9.17, 15) is 40.8 Å². The minimum Gasteiger partial charge on any atom is -0.478 e. The van der Waals surface area contributed by atoms with Gasteiger partial charge in [0, 0.05) is 55.9 Å². The van der Waals surface area contributed by atoms with E-state index in [4.69, 9.17) is 10.8 Å². The van der Waals surface area contributed by atoms with E-state index < -0.39 is 39.3 Å². The fourth-order valence-corrected chi connectivity index (χ4v) is 5.69. The summed E-state index contributed by atoms with van der Waals surface area (Å²) in [6.45, 7) is 1.40. The molecular weight excluding hydrogens is 607 g/mol. The Morgan fingerprint density at radius 2 is 1.80 bits per heavy atom. The molecule has 11 nitrogen and oxygen atoms in total. The molecule has 2 amide bonds. The maximum Gasteiger partial charge on any atom is 0.331 e. The molecule has 0 aliphatic carbocycles. The Balaban J connectivity index is 0.000000662. The van der Waals surface area contributed by atoms with E-state index in [1.54, 1.807) is 15.9 Å². The summed E-state index contributed by atoms with van der Waals surface area (Å²) in [7, 11) is -3.46. The first kappa shape index (κ1) is 36.0. The Labute approximate surface area is 253 Å². The molecule has 0 saturated carbocycles. The summed E-state index contributed by atoms with van der Waals surface area (Å²) in [6, 6.07) is 6.08. The molecule has 0 bridgehead atoms. The van der Waals surface area contributed by atoms with Crippen molar-refractivity contribution >= 4 is 34.1 Å². The van der Waals surface area contributed by atoms with Crippen LogP contribution in [0.3, 0.4) is 0 Å². The Morgan fingerprint density at radius 3 is 2.43 bits per heavy atom. The molecule has 2 heterocycles. The summed E-state index contributed by atoms with van der Waals surface area (Å²) >= 11 is 0. The number of carbonyl (C=O) groups excluding carboxylic acids is 3. The Kier molecular flexibility index (Phi) is 12.6. The Hall–Kier alpha value is -4.24. The number of carboxylic acid groups (broad SMARTS) is 1. The highest BCUT2D eigenvalue weighted by molar-refractivity contribution is 7.90. The minimum absolute atomic E-state index is 0. The van der Waals surface area contributed by atoms with Gasteiger partial charge < -0.3 is 25.4 Å². The van der Waals surface area contributed by atoms with Gasteiger partial charge in [-0.15, -0.1) is 0 Å². The second kappa shape index (κ2) is 15.5. The summed E-state index contributed by atoms with van der Waals surface area (Å²) in [5.41, 5.74) is 6.19. The number of fused-ring (bicyclic) bond motifs is 1. The van der Waals surface area contributed by atoms with Crippen molar-refractivity contribution in [1.29, 1.82) is 0 Å². The first-order chi connectivity index (χ1) is 20.2. The van der Waals surface area contributed by atoms with Crippen LogP contribution in [0.2, 0.25) is 0 Å². The lowest BCUT2D eigenvalue weighted by atomic mass is 10.0. The van der Waals surface area contributed by atoms with Gasteiger partial charge in [-0.2, -0.15) is 0 Å². The van der Waals surface area contributed by atoms with E-state index in [0.29, 0.717) is 38.2 Å². The number of benzene rings is 2. The van der Waals surface area contributed by atoms with Crippen molar-refractivity contribution in [1.82, 2.24) is 9.80 Å². The van der Waals surface area contributed by atoms with Gasteiger partial charge in [0.2, 0.25) is 5.91 Å². The first-order valence-corrected chi connectivity index (χ1v) is 14.9. The van der Waals surface area contributed by atoms with Crippen LogP contribution >= 0.6 is 0 Å². The van der Waals surface area contributed by atoms with Crippen LogP contribution in [0.1, 0.15) is 36.2 Å². The molecule has 2 aliphatic rings.